The molecular formula is C15H16N2O6S. The van der Waals surface area contributed by atoms with E-state index in [4.69, 9.17) is 0 Å². The van der Waals surface area contributed by atoms with Crippen LogP contribution in [0.3, 0.4) is 0 Å². The summed E-state index contributed by atoms with van der Waals surface area (Å²) in [6.45, 7) is 4.24. The third kappa shape index (κ3) is 5.19. The van der Waals surface area contributed by atoms with Crippen LogP contribution >= 0.6 is 0 Å². The molecule has 0 unspecified atom stereocenters. The van der Waals surface area contributed by atoms with E-state index in [0.717, 1.165) is 16.4 Å². The van der Waals surface area contributed by atoms with Gasteiger partial charge in [0.25, 0.3) is 15.7 Å². The molecule has 9 heteroatoms. The highest BCUT2D eigenvalue weighted by Gasteiger charge is 2.30. The molecular weight excluding hydrogens is 336 g/mol. The molecule has 1 rings (SSSR count). The van der Waals surface area contributed by atoms with Crippen LogP contribution in [0.2, 0.25) is 0 Å². The van der Waals surface area contributed by atoms with Gasteiger partial charge in [0.05, 0.1) is 11.5 Å². The maximum absolute atomic E-state index is 12.6. The first-order valence-electron chi connectivity index (χ1n) is 6.74. The SMILES string of the molecule is C=CCN(CC#CCOC(C)=O)S(=O)(=O)c1ccccc1[N+](=O)[O-]. The van der Waals surface area contributed by atoms with Gasteiger partial charge in [0.1, 0.15) is 0 Å². The van der Waals surface area contributed by atoms with Crippen molar-refractivity contribution in [3.63, 3.8) is 0 Å². The fourth-order valence-corrected chi connectivity index (χ4v) is 3.16. The van der Waals surface area contributed by atoms with Gasteiger partial charge < -0.3 is 4.74 Å². The van der Waals surface area contributed by atoms with Crippen LogP contribution in [0.25, 0.3) is 0 Å². The second-order valence-corrected chi connectivity index (χ2v) is 6.35. The molecule has 0 bridgehead atoms. The zero-order valence-electron chi connectivity index (χ0n) is 13.0. The smallest absolute Gasteiger partial charge is 0.303 e. The van der Waals surface area contributed by atoms with Gasteiger partial charge in [-0.2, -0.15) is 4.31 Å². The predicted molar refractivity (Wildman–Crippen MR) is 86.5 cm³/mol. The van der Waals surface area contributed by atoms with Gasteiger partial charge in [0.2, 0.25) is 0 Å². The number of esters is 1. The van der Waals surface area contributed by atoms with E-state index in [9.17, 15) is 23.3 Å². The first-order valence-corrected chi connectivity index (χ1v) is 8.18. The van der Waals surface area contributed by atoms with Crippen molar-refractivity contribution in [1.29, 1.82) is 0 Å². The number of nitro benzene ring substituents is 1. The minimum atomic E-state index is -4.13. The number of rotatable bonds is 7. The predicted octanol–water partition coefficient (Wildman–Crippen LogP) is 1.34. The van der Waals surface area contributed by atoms with Gasteiger partial charge in [0, 0.05) is 19.5 Å². The molecule has 0 spiro atoms. The monoisotopic (exact) mass is 352 g/mol. The van der Waals surface area contributed by atoms with E-state index in [1.165, 1.54) is 25.1 Å². The average molecular weight is 352 g/mol. The second-order valence-electron chi connectivity index (χ2n) is 4.44. The Kier molecular flexibility index (Phi) is 7.10. The molecule has 0 aromatic heterocycles. The van der Waals surface area contributed by atoms with Crippen LogP contribution in [0.4, 0.5) is 5.69 Å². The molecule has 0 saturated heterocycles. The first-order chi connectivity index (χ1) is 11.3. The van der Waals surface area contributed by atoms with Crippen molar-refractivity contribution in [1.82, 2.24) is 4.31 Å². The van der Waals surface area contributed by atoms with Crippen LogP contribution in [0.15, 0.2) is 41.8 Å². The van der Waals surface area contributed by atoms with E-state index in [1.54, 1.807) is 0 Å². The zero-order valence-corrected chi connectivity index (χ0v) is 13.8. The summed E-state index contributed by atoms with van der Waals surface area (Å²) in [5.74, 6) is 4.55. The molecule has 0 amide bonds. The zero-order chi connectivity index (χ0) is 18.2. The molecule has 0 aliphatic heterocycles. The summed E-state index contributed by atoms with van der Waals surface area (Å²) < 4.78 is 30.8. The van der Waals surface area contributed by atoms with Crippen molar-refractivity contribution in [2.75, 3.05) is 19.7 Å². The molecule has 0 aliphatic carbocycles. The molecule has 1 aromatic carbocycles. The molecule has 0 heterocycles. The Labute approximate surface area is 139 Å². The van der Waals surface area contributed by atoms with E-state index in [-0.39, 0.29) is 19.7 Å². The highest BCUT2D eigenvalue weighted by molar-refractivity contribution is 7.89. The Morgan fingerprint density at radius 1 is 1.42 bits per heavy atom. The highest BCUT2D eigenvalue weighted by Crippen LogP contribution is 2.25. The Hall–Kier alpha value is -2.70. The Morgan fingerprint density at radius 2 is 2.08 bits per heavy atom. The number of nitro groups is 1. The van der Waals surface area contributed by atoms with Crippen LogP contribution in [-0.4, -0.2) is 43.3 Å². The normalized spacial score (nSPS) is 10.6. The lowest BCUT2D eigenvalue weighted by molar-refractivity contribution is -0.387. The lowest BCUT2D eigenvalue weighted by Gasteiger charge is -2.18. The fraction of sp³-hybridized carbons (Fsp3) is 0.267. The van der Waals surface area contributed by atoms with E-state index < -0.39 is 31.5 Å². The lowest BCUT2D eigenvalue weighted by atomic mass is 10.3. The van der Waals surface area contributed by atoms with Crippen molar-refractivity contribution in [2.24, 2.45) is 0 Å². The standard InChI is InChI=1S/C15H16N2O6S/c1-3-10-16(11-6-7-12-23-13(2)18)24(21,22)15-9-5-4-8-14(15)17(19)20/h3-5,8-9H,1,10-12H2,2H3. The summed E-state index contributed by atoms with van der Waals surface area (Å²) in [6, 6.07) is 5.06. The second kappa shape index (κ2) is 8.81. The van der Waals surface area contributed by atoms with Crippen molar-refractivity contribution >= 4 is 21.7 Å². The number of hydrogen-bond acceptors (Lipinski definition) is 6. The summed E-state index contributed by atoms with van der Waals surface area (Å²) in [5.41, 5.74) is -0.514. The van der Waals surface area contributed by atoms with Gasteiger partial charge in [-0.3, -0.25) is 14.9 Å². The van der Waals surface area contributed by atoms with Crippen molar-refractivity contribution in [2.45, 2.75) is 11.8 Å². The maximum Gasteiger partial charge on any atom is 0.303 e. The average Bonchev–Trinajstić information content (AvgIpc) is 2.53. The van der Waals surface area contributed by atoms with Crippen LogP contribution < -0.4 is 0 Å². The number of benzene rings is 1. The minimum absolute atomic E-state index is 0.0728. The molecule has 0 N–H and O–H groups in total. The van der Waals surface area contributed by atoms with Gasteiger partial charge >= 0.3 is 5.97 Å². The van der Waals surface area contributed by atoms with Crippen LogP contribution in [0, 0.1) is 22.0 Å². The molecule has 0 radical (unpaired) electrons. The summed E-state index contributed by atoms with van der Waals surface area (Å²) in [7, 11) is -4.13. The van der Waals surface area contributed by atoms with Crippen molar-refractivity contribution < 1.29 is 22.9 Å². The quantitative estimate of drug-likeness (QED) is 0.241. The molecule has 8 nitrogen and oxygen atoms in total. The van der Waals surface area contributed by atoms with E-state index >= 15 is 0 Å². The number of hydrogen-bond donors (Lipinski definition) is 0. The lowest BCUT2D eigenvalue weighted by Crippen LogP contribution is -2.32. The number of carbonyl (C=O) groups is 1. The van der Waals surface area contributed by atoms with Crippen molar-refractivity contribution in [3.05, 3.63) is 47.0 Å². The van der Waals surface area contributed by atoms with Gasteiger partial charge in [-0.05, 0) is 6.07 Å². The van der Waals surface area contributed by atoms with Crippen LogP contribution in [-0.2, 0) is 19.6 Å². The Bertz CT molecular complexity index is 792. The number of sulfonamides is 1. The van der Waals surface area contributed by atoms with Gasteiger partial charge in [-0.1, -0.05) is 30.0 Å². The van der Waals surface area contributed by atoms with E-state index in [1.807, 2.05) is 0 Å². The first kappa shape index (κ1) is 19.3. The van der Waals surface area contributed by atoms with Crippen LogP contribution in [0.5, 0.6) is 0 Å². The third-order valence-electron chi connectivity index (χ3n) is 2.74. The Morgan fingerprint density at radius 3 is 2.67 bits per heavy atom. The van der Waals surface area contributed by atoms with E-state index in [0.29, 0.717) is 0 Å². The molecule has 128 valence electrons. The highest BCUT2D eigenvalue weighted by atomic mass is 32.2. The molecule has 0 saturated carbocycles. The summed E-state index contributed by atoms with van der Waals surface area (Å²) in [4.78, 5) is 20.5. The minimum Gasteiger partial charge on any atom is -0.453 e. The molecule has 0 fully saturated rings. The number of ether oxygens (including phenoxy) is 1. The number of nitrogens with zero attached hydrogens (tertiary/aromatic N) is 2. The molecule has 1 aromatic rings. The number of carbonyl (C=O) groups excluding carboxylic acids is 1. The van der Waals surface area contributed by atoms with Gasteiger partial charge in [-0.15, -0.1) is 6.58 Å². The summed E-state index contributed by atoms with van der Waals surface area (Å²) in [5, 5.41) is 11.0. The van der Waals surface area contributed by atoms with E-state index in [2.05, 4.69) is 23.2 Å². The molecule has 24 heavy (non-hydrogen) atoms. The van der Waals surface area contributed by atoms with Gasteiger partial charge in [-0.25, -0.2) is 8.42 Å². The largest absolute Gasteiger partial charge is 0.453 e. The van der Waals surface area contributed by atoms with Crippen molar-refractivity contribution in [3.8, 4) is 11.8 Å². The summed E-state index contributed by atoms with van der Waals surface area (Å²) >= 11 is 0. The topological polar surface area (TPSA) is 107 Å². The Balaban J connectivity index is 3.08. The summed E-state index contributed by atoms with van der Waals surface area (Å²) in [6.07, 6.45) is 1.35. The fourth-order valence-electron chi connectivity index (χ4n) is 1.69. The molecule has 0 aliphatic rings. The molecule has 0 atom stereocenters. The maximum atomic E-state index is 12.6. The number of para-hydroxylation sites is 1. The van der Waals surface area contributed by atoms with Gasteiger partial charge in [0.15, 0.2) is 11.5 Å². The third-order valence-corrected chi connectivity index (χ3v) is 4.60. The van der Waals surface area contributed by atoms with Crippen LogP contribution in [0.1, 0.15) is 6.92 Å².